The number of hydrogen-bond acceptors (Lipinski definition) is 4. The van der Waals surface area contributed by atoms with Crippen LogP contribution >= 0.6 is 11.8 Å². The Kier molecular flexibility index (Phi) is 5.18. The van der Waals surface area contributed by atoms with Gasteiger partial charge < -0.3 is 10.1 Å². The summed E-state index contributed by atoms with van der Waals surface area (Å²) >= 11 is 1.46. The second kappa shape index (κ2) is 7.51. The Morgan fingerprint density at radius 1 is 1.26 bits per heavy atom. The molecule has 1 aromatic carbocycles. The zero-order valence-corrected chi connectivity index (χ0v) is 13.9. The first-order chi connectivity index (χ1) is 11.3. The zero-order valence-electron chi connectivity index (χ0n) is 13.1. The Bertz CT molecular complexity index is 684. The third-order valence-corrected chi connectivity index (χ3v) is 4.62. The maximum Gasteiger partial charge on any atom is 0.258 e. The van der Waals surface area contributed by atoms with E-state index in [1.807, 2.05) is 30.5 Å². The fourth-order valence-corrected chi connectivity index (χ4v) is 3.32. The van der Waals surface area contributed by atoms with Crippen LogP contribution in [0, 0.1) is 0 Å². The lowest BCUT2D eigenvalue weighted by molar-refractivity contribution is 0.102. The molecule has 1 fully saturated rings. The molecule has 0 saturated heterocycles. The van der Waals surface area contributed by atoms with E-state index in [0.29, 0.717) is 11.7 Å². The standard InChI is InChI=1S/C18H20N2O2S/c1-23-18-16(10-5-11-19-18)17(21)20-13-6-4-9-15(12-13)22-14-7-2-3-8-14/h4-6,9-12,14H,2-3,7-8H2,1H3,(H,20,21). The molecule has 0 bridgehead atoms. The van der Waals surface area contributed by atoms with Crippen LogP contribution in [-0.4, -0.2) is 23.3 Å². The van der Waals surface area contributed by atoms with E-state index in [0.717, 1.165) is 29.3 Å². The van der Waals surface area contributed by atoms with Gasteiger partial charge in [-0.15, -0.1) is 11.8 Å². The highest BCUT2D eigenvalue weighted by Crippen LogP contribution is 2.26. The number of anilines is 1. The second-order valence-electron chi connectivity index (χ2n) is 5.57. The van der Waals surface area contributed by atoms with E-state index >= 15 is 0 Å². The van der Waals surface area contributed by atoms with Gasteiger partial charge in [-0.3, -0.25) is 4.79 Å². The highest BCUT2D eigenvalue weighted by Gasteiger charge is 2.17. The smallest absolute Gasteiger partial charge is 0.258 e. The highest BCUT2D eigenvalue weighted by atomic mass is 32.2. The van der Waals surface area contributed by atoms with Crippen molar-refractivity contribution in [3.8, 4) is 5.75 Å². The Morgan fingerprint density at radius 3 is 2.87 bits per heavy atom. The van der Waals surface area contributed by atoms with Gasteiger partial charge in [0.05, 0.1) is 11.7 Å². The Labute approximate surface area is 140 Å². The topological polar surface area (TPSA) is 51.2 Å². The van der Waals surface area contributed by atoms with Crippen LogP contribution in [0.4, 0.5) is 5.69 Å². The first kappa shape index (κ1) is 15.9. The number of nitrogens with one attached hydrogen (secondary N) is 1. The summed E-state index contributed by atoms with van der Waals surface area (Å²) in [6, 6.07) is 11.1. The molecular weight excluding hydrogens is 308 g/mol. The number of ether oxygens (including phenoxy) is 1. The van der Waals surface area contributed by atoms with E-state index in [4.69, 9.17) is 4.74 Å². The second-order valence-corrected chi connectivity index (χ2v) is 6.36. The van der Waals surface area contributed by atoms with Gasteiger partial charge in [-0.1, -0.05) is 6.07 Å². The van der Waals surface area contributed by atoms with Crippen LogP contribution in [0.25, 0.3) is 0 Å². The average molecular weight is 328 g/mol. The summed E-state index contributed by atoms with van der Waals surface area (Å²) in [4.78, 5) is 16.7. The van der Waals surface area contributed by atoms with E-state index in [2.05, 4.69) is 10.3 Å². The number of carbonyl (C=O) groups is 1. The molecule has 5 heteroatoms. The Morgan fingerprint density at radius 2 is 2.09 bits per heavy atom. The van der Waals surface area contributed by atoms with E-state index in [-0.39, 0.29) is 5.91 Å². The lowest BCUT2D eigenvalue weighted by Crippen LogP contribution is -2.14. The van der Waals surface area contributed by atoms with Crippen LogP contribution in [0.5, 0.6) is 5.75 Å². The molecule has 0 spiro atoms. The van der Waals surface area contributed by atoms with E-state index in [1.165, 1.54) is 24.6 Å². The molecule has 1 heterocycles. The van der Waals surface area contributed by atoms with Crippen molar-refractivity contribution >= 4 is 23.4 Å². The minimum absolute atomic E-state index is 0.152. The minimum atomic E-state index is -0.152. The number of pyridine rings is 1. The minimum Gasteiger partial charge on any atom is -0.490 e. The molecule has 3 rings (SSSR count). The predicted octanol–water partition coefficient (Wildman–Crippen LogP) is 4.38. The molecule has 1 N–H and O–H groups in total. The molecular formula is C18H20N2O2S. The highest BCUT2D eigenvalue weighted by molar-refractivity contribution is 7.98. The van der Waals surface area contributed by atoms with Gasteiger partial charge in [0, 0.05) is 18.0 Å². The molecule has 1 amide bonds. The van der Waals surface area contributed by atoms with Crippen LogP contribution < -0.4 is 10.1 Å². The maximum atomic E-state index is 12.4. The van der Waals surface area contributed by atoms with Gasteiger partial charge in [0.15, 0.2) is 0 Å². The van der Waals surface area contributed by atoms with Gasteiger partial charge in [-0.2, -0.15) is 0 Å². The lowest BCUT2D eigenvalue weighted by atomic mass is 10.2. The van der Waals surface area contributed by atoms with Crippen molar-refractivity contribution in [2.45, 2.75) is 36.8 Å². The number of aromatic nitrogens is 1. The first-order valence-corrected chi connectivity index (χ1v) is 9.06. The van der Waals surface area contributed by atoms with Crippen LogP contribution in [0.15, 0.2) is 47.6 Å². The number of benzene rings is 1. The van der Waals surface area contributed by atoms with Crippen LogP contribution in [-0.2, 0) is 0 Å². The number of nitrogens with zero attached hydrogens (tertiary/aromatic N) is 1. The number of rotatable bonds is 5. The predicted molar refractivity (Wildman–Crippen MR) is 93.3 cm³/mol. The SMILES string of the molecule is CSc1ncccc1C(=O)Nc1cccc(OC2CCCC2)c1. The van der Waals surface area contributed by atoms with Crippen molar-refractivity contribution in [2.75, 3.05) is 11.6 Å². The fraction of sp³-hybridized carbons (Fsp3) is 0.333. The van der Waals surface area contributed by atoms with Crippen molar-refractivity contribution in [1.82, 2.24) is 4.98 Å². The van der Waals surface area contributed by atoms with Crippen molar-refractivity contribution in [2.24, 2.45) is 0 Å². The monoisotopic (exact) mass is 328 g/mol. The van der Waals surface area contributed by atoms with Crippen molar-refractivity contribution in [3.05, 3.63) is 48.2 Å². The van der Waals surface area contributed by atoms with Gasteiger partial charge in [-0.25, -0.2) is 4.98 Å². The third-order valence-electron chi connectivity index (χ3n) is 3.91. The Hall–Kier alpha value is -2.01. The zero-order chi connectivity index (χ0) is 16.1. The van der Waals surface area contributed by atoms with Crippen molar-refractivity contribution in [1.29, 1.82) is 0 Å². The number of carbonyl (C=O) groups excluding carboxylic acids is 1. The molecule has 0 unspecified atom stereocenters. The van der Waals surface area contributed by atoms with Crippen LogP contribution in [0.1, 0.15) is 36.0 Å². The van der Waals surface area contributed by atoms with Gasteiger partial charge >= 0.3 is 0 Å². The third kappa shape index (κ3) is 4.05. The summed E-state index contributed by atoms with van der Waals surface area (Å²) in [6.07, 6.45) is 8.61. The summed E-state index contributed by atoms with van der Waals surface area (Å²) in [5.74, 6) is 0.659. The van der Waals surface area contributed by atoms with E-state index in [9.17, 15) is 4.79 Å². The van der Waals surface area contributed by atoms with Crippen molar-refractivity contribution in [3.63, 3.8) is 0 Å². The molecule has 120 valence electrons. The fourth-order valence-electron chi connectivity index (χ4n) is 2.77. The first-order valence-electron chi connectivity index (χ1n) is 7.83. The summed E-state index contributed by atoms with van der Waals surface area (Å²) < 4.78 is 5.98. The average Bonchev–Trinajstić information content (AvgIpc) is 3.08. The molecule has 0 radical (unpaired) electrons. The lowest BCUT2D eigenvalue weighted by Gasteiger charge is -2.14. The summed E-state index contributed by atoms with van der Waals surface area (Å²) in [5, 5.41) is 3.65. The molecule has 1 aromatic heterocycles. The molecule has 0 aliphatic heterocycles. The maximum absolute atomic E-state index is 12.4. The molecule has 0 atom stereocenters. The van der Waals surface area contributed by atoms with Crippen LogP contribution in [0.2, 0.25) is 0 Å². The van der Waals surface area contributed by atoms with Gasteiger partial charge in [0.1, 0.15) is 10.8 Å². The van der Waals surface area contributed by atoms with Crippen LogP contribution in [0.3, 0.4) is 0 Å². The number of amides is 1. The Balaban J connectivity index is 1.70. The largest absolute Gasteiger partial charge is 0.490 e. The van der Waals surface area contributed by atoms with E-state index < -0.39 is 0 Å². The van der Waals surface area contributed by atoms with Gasteiger partial charge in [0.25, 0.3) is 5.91 Å². The van der Waals surface area contributed by atoms with Crippen molar-refractivity contribution < 1.29 is 9.53 Å². The molecule has 2 aromatic rings. The summed E-state index contributed by atoms with van der Waals surface area (Å²) in [6.45, 7) is 0. The number of hydrogen-bond donors (Lipinski definition) is 1. The molecule has 23 heavy (non-hydrogen) atoms. The normalized spacial score (nSPS) is 14.7. The van der Waals surface area contributed by atoms with Gasteiger partial charge in [0.2, 0.25) is 0 Å². The summed E-state index contributed by atoms with van der Waals surface area (Å²) in [5.41, 5.74) is 1.32. The molecule has 4 nitrogen and oxygen atoms in total. The number of thioether (sulfide) groups is 1. The quantitative estimate of drug-likeness (QED) is 0.828. The van der Waals surface area contributed by atoms with Gasteiger partial charge in [-0.05, 0) is 56.2 Å². The van der Waals surface area contributed by atoms with E-state index in [1.54, 1.807) is 18.3 Å². The molecule has 1 aliphatic rings. The summed E-state index contributed by atoms with van der Waals surface area (Å²) in [7, 11) is 0. The molecule has 1 saturated carbocycles. The molecule has 1 aliphatic carbocycles.